The maximum absolute atomic E-state index is 13.4. The molecule has 0 unspecified atom stereocenters. The minimum Gasteiger partial charge on any atom is -0.462 e. The number of hydrogen-bond donors (Lipinski definition) is 1. The van der Waals surface area contributed by atoms with Gasteiger partial charge in [0.2, 0.25) is 0 Å². The van der Waals surface area contributed by atoms with Crippen molar-refractivity contribution < 1.29 is 13.9 Å². The first-order valence-corrected chi connectivity index (χ1v) is 5.97. The Labute approximate surface area is 98.2 Å². The summed E-state index contributed by atoms with van der Waals surface area (Å²) in [5.41, 5.74) is 5.90. The number of carbonyl (C=O) groups is 1. The van der Waals surface area contributed by atoms with E-state index >= 15 is 0 Å². The number of esters is 1. The summed E-state index contributed by atoms with van der Waals surface area (Å²) in [4.78, 5) is 11.9. The number of hydrogen-bond acceptors (Lipinski definition) is 4. The zero-order valence-corrected chi connectivity index (χ0v) is 10.1. The normalized spacial score (nSPS) is 10.2. The third kappa shape index (κ3) is 2.88. The molecule has 0 fully saturated rings. The van der Waals surface area contributed by atoms with Gasteiger partial charge >= 0.3 is 5.97 Å². The van der Waals surface area contributed by atoms with E-state index in [-0.39, 0.29) is 17.9 Å². The molecule has 88 valence electrons. The van der Waals surface area contributed by atoms with Crippen LogP contribution in [0.5, 0.6) is 0 Å². The second-order valence-electron chi connectivity index (χ2n) is 3.02. The molecular formula is C11H14FNO2S. The smallest absolute Gasteiger partial charge is 0.340 e. The number of anilines is 1. The quantitative estimate of drug-likeness (QED) is 0.502. The Morgan fingerprint density at radius 3 is 2.75 bits per heavy atom. The highest BCUT2D eigenvalue weighted by Gasteiger charge is 2.14. The van der Waals surface area contributed by atoms with Gasteiger partial charge in [-0.3, -0.25) is 0 Å². The van der Waals surface area contributed by atoms with Gasteiger partial charge in [0, 0.05) is 10.6 Å². The van der Waals surface area contributed by atoms with E-state index in [4.69, 9.17) is 10.5 Å². The van der Waals surface area contributed by atoms with E-state index in [1.807, 2.05) is 6.92 Å². The molecule has 0 atom stereocenters. The minimum atomic E-state index is -0.516. The van der Waals surface area contributed by atoms with Crippen LogP contribution in [0.25, 0.3) is 0 Å². The number of carbonyl (C=O) groups excluding carboxylic acids is 1. The van der Waals surface area contributed by atoms with Crippen LogP contribution >= 0.6 is 11.8 Å². The SMILES string of the molecule is CCOC(=O)c1cc(SCC)c(F)cc1N. The molecule has 0 saturated heterocycles. The topological polar surface area (TPSA) is 52.3 Å². The fourth-order valence-electron chi connectivity index (χ4n) is 1.22. The average molecular weight is 243 g/mol. The molecule has 16 heavy (non-hydrogen) atoms. The molecule has 0 bridgehead atoms. The van der Waals surface area contributed by atoms with E-state index in [1.54, 1.807) is 6.92 Å². The lowest BCUT2D eigenvalue weighted by Gasteiger charge is -2.08. The number of nitrogen functional groups attached to an aromatic ring is 1. The standard InChI is InChI=1S/C11H14FNO2S/c1-3-15-11(14)7-5-10(16-4-2)8(12)6-9(7)13/h5-6H,3-4,13H2,1-2H3. The van der Waals surface area contributed by atoms with E-state index in [2.05, 4.69) is 0 Å². The first-order valence-electron chi connectivity index (χ1n) is 4.99. The molecule has 0 heterocycles. The average Bonchev–Trinajstić information content (AvgIpc) is 2.22. The third-order valence-corrected chi connectivity index (χ3v) is 2.81. The summed E-state index contributed by atoms with van der Waals surface area (Å²) in [5, 5.41) is 0. The third-order valence-electron chi connectivity index (χ3n) is 1.90. The van der Waals surface area contributed by atoms with E-state index in [9.17, 15) is 9.18 Å². The zero-order chi connectivity index (χ0) is 12.1. The van der Waals surface area contributed by atoms with E-state index in [0.29, 0.717) is 4.90 Å². The Balaban J connectivity index is 3.08. The highest BCUT2D eigenvalue weighted by Crippen LogP contribution is 2.26. The molecule has 0 aromatic heterocycles. The van der Waals surface area contributed by atoms with Crippen LogP contribution < -0.4 is 5.73 Å². The summed E-state index contributed by atoms with van der Waals surface area (Å²) < 4.78 is 18.2. The van der Waals surface area contributed by atoms with Crippen LogP contribution in [0.4, 0.5) is 10.1 Å². The number of nitrogens with two attached hydrogens (primary N) is 1. The molecule has 1 rings (SSSR count). The van der Waals surface area contributed by atoms with Crippen molar-refractivity contribution in [1.29, 1.82) is 0 Å². The molecule has 1 aromatic rings. The van der Waals surface area contributed by atoms with Crippen LogP contribution in [0.1, 0.15) is 24.2 Å². The van der Waals surface area contributed by atoms with Crippen LogP contribution in [0.3, 0.4) is 0 Å². The van der Waals surface area contributed by atoms with Crippen LogP contribution in [0.15, 0.2) is 17.0 Å². The van der Waals surface area contributed by atoms with Crippen molar-refractivity contribution in [3.63, 3.8) is 0 Å². The van der Waals surface area contributed by atoms with Crippen molar-refractivity contribution in [2.45, 2.75) is 18.7 Å². The largest absolute Gasteiger partial charge is 0.462 e. The van der Waals surface area contributed by atoms with Crippen molar-refractivity contribution in [2.24, 2.45) is 0 Å². The molecule has 0 radical (unpaired) electrons. The number of benzene rings is 1. The second kappa shape index (κ2) is 5.75. The van der Waals surface area contributed by atoms with Crippen LogP contribution in [0.2, 0.25) is 0 Å². The first-order chi connectivity index (χ1) is 7.60. The van der Waals surface area contributed by atoms with Crippen LogP contribution in [-0.4, -0.2) is 18.3 Å². The van der Waals surface area contributed by atoms with Gasteiger partial charge in [-0.05, 0) is 24.8 Å². The highest BCUT2D eigenvalue weighted by molar-refractivity contribution is 7.99. The Hall–Kier alpha value is -1.23. The van der Waals surface area contributed by atoms with Crippen molar-refractivity contribution >= 4 is 23.4 Å². The van der Waals surface area contributed by atoms with Gasteiger partial charge in [0.1, 0.15) is 5.82 Å². The Bertz CT molecular complexity index is 396. The van der Waals surface area contributed by atoms with Crippen LogP contribution in [-0.2, 0) is 4.74 Å². The number of thioether (sulfide) groups is 1. The summed E-state index contributed by atoms with van der Waals surface area (Å²) >= 11 is 1.32. The Morgan fingerprint density at radius 1 is 1.50 bits per heavy atom. The molecule has 0 amide bonds. The molecule has 1 aromatic carbocycles. The van der Waals surface area contributed by atoms with Crippen molar-refractivity contribution in [3.05, 3.63) is 23.5 Å². The summed E-state index contributed by atoms with van der Waals surface area (Å²) in [6.07, 6.45) is 0. The summed E-state index contributed by atoms with van der Waals surface area (Å²) in [6, 6.07) is 2.60. The van der Waals surface area contributed by atoms with Crippen molar-refractivity contribution in [3.8, 4) is 0 Å². The van der Waals surface area contributed by atoms with Gasteiger partial charge in [0.15, 0.2) is 0 Å². The van der Waals surface area contributed by atoms with Gasteiger partial charge in [-0.15, -0.1) is 11.8 Å². The molecule has 0 aliphatic heterocycles. The van der Waals surface area contributed by atoms with Crippen LogP contribution in [0, 0.1) is 5.82 Å². The lowest BCUT2D eigenvalue weighted by atomic mass is 10.2. The van der Waals surface area contributed by atoms with Gasteiger partial charge in [0.25, 0.3) is 0 Å². The maximum Gasteiger partial charge on any atom is 0.340 e. The van der Waals surface area contributed by atoms with E-state index in [1.165, 1.54) is 17.8 Å². The predicted octanol–water partition coefficient (Wildman–Crippen LogP) is 2.70. The molecule has 0 spiro atoms. The highest BCUT2D eigenvalue weighted by atomic mass is 32.2. The second-order valence-corrected chi connectivity index (χ2v) is 4.33. The summed E-state index contributed by atoms with van der Waals surface area (Å²) in [7, 11) is 0. The minimum absolute atomic E-state index is 0.108. The van der Waals surface area contributed by atoms with E-state index in [0.717, 1.165) is 11.8 Å². The Kier molecular flexibility index (Phi) is 4.61. The first kappa shape index (κ1) is 12.8. The molecule has 0 aliphatic rings. The number of halogens is 1. The van der Waals surface area contributed by atoms with Gasteiger partial charge in [-0.2, -0.15) is 0 Å². The zero-order valence-electron chi connectivity index (χ0n) is 9.25. The van der Waals surface area contributed by atoms with Gasteiger partial charge in [-0.25, -0.2) is 9.18 Å². The van der Waals surface area contributed by atoms with Gasteiger partial charge in [-0.1, -0.05) is 6.92 Å². The lowest BCUT2D eigenvalue weighted by molar-refractivity contribution is 0.0527. The molecule has 2 N–H and O–H groups in total. The molecule has 3 nitrogen and oxygen atoms in total. The summed E-state index contributed by atoms with van der Waals surface area (Å²) in [5.74, 6) is -0.196. The molecule has 5 heteroatoms. The van der Waals surface area contributed by atoms with Crippen molar-refractivity contribution in [1.82, 2.24) is 0 Å². The fraction of sp³-hybridized carbons (Fsp3) is 0.364. The van der Waals surface area contributed by atoms with Gasteiger partial charge in [0.05, 0.1) is 12.2 Å². The molecule has 0 saturated carbocycles. The summed E-state index contributed by atoms with van der Waals surface area (Å²) in [6.45, 7) is 3.88. The van der Waals surface area contributed by atoms with E-state index < -0.39 is 11.8 Å². The number of ether oxygens (including phenoxy) is 1. The molecule has 0 aliphatic carbocycles. The lowest BCUT2D eigenvalue weighted by Crippen LogP contribution is -2.08. The Morgan fingerprint density at radius 2 is 2.19 bits per heavy atom. The number of rotatable bonds is 4. The predicted molar refractivity (Wildman–Crippen MR) is 63.2 cm³/mol. The van der Waals surface area contributed by atoms with Crippen molar-refractivity contribution in [2.75, 3.05) is 18.1 Å². The maximum atomic E-state index is 13.4. The monoisotopic (exact) mass is 243 g/mol. The molecular weight excluding hydrogens is 229 g/mol. The van der Waals surface area contributed by atoms with Gasteiger partial charge < -0.3 is 10.5 Å². The fourth-order valence-corrected chi connectivity index (χ4v) is 1.93.